The summed E-state index contributed by atoms with van der Waals surface area (Å²) in [6.45, 7) is 9.51. The summed E-state index contributed by atoms with van der Waals surface area (Å²) in [5.74, 6) is 0. The van der Waals surface area contributed by atoms with E-state index < -0.39 is 15.8 Å². The molecule has 1 nitrogen and oxygen atoms in total. The third-order valence-corrected chi connectivity index (χ3v) is 18.0. The van der Waals surface area contributed by atoms with Crippen LogP contribution in [-0.4, -0.2) is 7.05 Å². The van der Waals surface area contributed by atoms with Crippen molar-refractivity contribution in [3.8, 4) is 0 Å². The minimum Gasteiger partial charge on any atom is -0.343 e. The van der Waals surface area contributed by atoms with Crippen molar-refractivity contribution < 1.29 is 0 Å². The molecule has 290 valence electrons. The first-order chi connectivity index (χ1) is 28.7. The summed E-state index contributed by atoms with van der Waals surface area (Å²) in [4.78, 5) is 4.97. The second-order valence-electron chi connectivity index (χ2n) is 16.4. The Bertz CT molecular complexity index is 2450. The van der Waals surface area contributed by atoms with E-state index in [9.17, 15) is 0 Å². The number of anilines is 2. The van der Waals surface area contributed by atoms with Crippen molar-refractivity contribution in [3.63, 3.8) is 0 Å². The average Bonchev–Trinajstić information content (AvgIpc) is 3.28. The zero-order valence-corrected chi connectivity index (χ0v) is 37.0. The van der Waals surface area contributed by atoms with Gasteiger partial charge < -0.3 is 4.90 Å². The second kappa shape index (κ2) is 16.4. The Balaban J connectivity index is 1.03. The Kier molecular flexibility index (Phi) is 10.9. The van der Waals surface area contributed by atoms with E-state index in [4.69, 9.17) is 0 Å². The highest BCUT2D eigenvalue weighted by Crippen LogP contribution is 2.50. The fraction of sp³-hybridized carbons (Fsp3) is 0.127. The summed E-state index contributed by atoms with van der Waals surface area (Å²) in [7, 11) is 0.837. The normalized spacial score (nSPS) is 12.7. The fourth-order valence-electron chi connectivity index (χ4n) is 8.38. The molecule has 1 heterocycles. The molecule has 0 aliphatic carbocycles. The molecule has 8 aromatic rings. The lowest BCUT2D eigenvalue weighted by atomic mass is 9.78. The Morgan fingerprint density at radius 2 is 0.644 bits per heavy atom. The molecule has 1 aliphatic rings. The topological polar surface area (TPSA) is 3.24 Å². The van der Waals surface area contributed by atoms with E-state index in [1.165, 1.54) is 75.2 Å². The molecule has 9 rings (SSSR count). The number of hydrogen-bond donors (Lipinski definition) is 0. The van der Waals surface area contributed by atoms with Gasteiger partial charge >= 0.3 is 0 Å². The summed E-state index contributed by atoms with van der Waals surface area (Å²) in [6.07, 6.45) is 0. The molecule has 0 amide bonds. The molecule has 4 heteroatoms. The molecular formula is C55H49NP2S. The maximum absolute atomic E-state index is 2.46. The molecule has 8 aromatic carbocycles. The lowest BCUT2D eigenvalue weighted by molar-refractivity contribution is 0.638. The highest BCUT2D eigenvalue weighted by atomic mass is 32.2. The average molecular weight is 818 g/mol. The van der Waals surface area contributed by atoms with Crippen LogP contribution in [0.4, 0.5) is 11.4 Å². The van der Waals surface area contributed by atoms with Gasteiger partial charge in [-0.1, -0.05) is 209 Å². The van der Waals surface area contributed by atoms with Crippen LogP contribution in [0.5, 0.6) is 0 Å². The quantitative estimate of drug-likeness (QED) is 0.127. The van der Waals surface area contributed by atoms with Gasteiger partial charge in [-0.2, -0.15) is 0 Å². The van der Waals surface area contributed by atoms with Gasteiger partial charge in [0.1, 0.15) is 0 Å². The first-order valence-electron chi connectivity index (χ1n) is 20.4. The standard InChI is InChI=1S/C55H49NP2S/c1-54(2,40-20-18-30-48(36-40)57(44-22-10-6-11-23-44)45-24-12-7-13-25-45)42-32-34-50-52(38-42)59-53-39-43(33-35-51(53)56(50)5)55(3,4)41-21-19-31-49(37-41)58(46-26-14-8-15-27-46)47-28-16-9-17-29-47/h6-39H,1-5H3. The lowest BCUT2D eigenvalue weighted by Gasteiger charge is -2.34. The van der Waals surface area contributed by atoms with Crippen molar-refractivity contribution in [3.05, 3.63) is 229 Å². The summed E-state index contributed by atoms with van der Waals surface area (Å²) >= 11 is 1.91. The van der Waals surface area contributed by atoms with Gasteiger partial charge in [0.15, 0.2) is 0 Å². The van der Waals surface area contributed by atoms with Gasteiger partial charge in [0.25, 0.3) is 0 Å². The van der Waals surface area contributed by atoms with Crippen LogP contribution in [-0.2, 0) is 10.8 Å². The highest BCUT2D eigenvalue weighted by molar-refractivity contribution is 7.99. The lowest BCUT2D eigenvalue weighted by Crippen LogP contribution is -2.25. The van der Waals surface area contributed by atoms with Crippen LogP contribution >= 0.6 is 27.6 Å². The largest absolute Gasteiger partial charge is 0.343 e. The second-order valence-corrected chi connectivity index (χ2v) is 21.9. The molecule has 59 heavy (non-hydrogen) atoms. The Labute approximate surface area is 357 Å². The fourth-order valence-corrected chi connectivity index (χ4v) is 14.3. The minimum atomic E-state index is -0.688. The molecule has 0 aromatic heterocycles. The zero-order chi connectivity index (χ0) is 40.6. The molecule has 0 atom stereocenters. The van der Waals surface area contributed by atoms with Crippen molar-refractivity contribution in [2.45, 2.75) is 48.3 Å². The van der Waals surface area contributed by atoms with E-state index in [2.05, 4.69) is 246 Å². The molecule has 0 N–H and O–H groups in total. The van der Waals surface area contributed by atoms with Gasteiger partial charge in [-0.25, -0.2) is 0 Å². The number of hydrogen-bond acceptors (Lipinski definition) is 2. The zero-order valence-electron chi connectivity index (χ0n) is 34.4. The first kappa shape index (κ1) is 39.2. The monoisotopic (exact) mass is 817 g/mol. The molecule has 1 aliphatic heterocycles. The number of nitrogens with zero attached hydrogens (tertiary/aromatic N) is 1. The van der Waals surface area contributed by atoms with Crippen LogP contribution < -0.4 is 36.7 Å². The van der Waals surface area contributed by atoms with Gasteiger partial charge in [-0.15, -0.1) is 0 Å². The molecule has 0 radical (unpaired) electrons. The molecule has 0 saturated carbocycles. The molecule has 0 fully saturated rings. The maximum atomic E-state index is 2.46. The van der Waals surface area contributed by atoms with Crippen LogP contribution in [0.15, 0.2) is 216 Å². The summed E-state index contributed by atoms with van der Waals surface area (Å²) in [5.41, 5.74) is 7.41. The van der Waals surface area contributed by atoms with Crippen LogP contribution in [0, 0.1) is 0 Å². The smallest absolute Gasteiger partial charge is 0.0550 e. The van der Waals surface area contributed by atoms with E-state index in [0.29, 0.717) is 0 Å². The summed E-state index contributed by atoms with van der Waals surface area (Å²) in [6, 6.07) is 77.0. The Morgan fingerprint density at radius 1 is 0.339 bits per heavy atom. The van der Waals surface area contributed by atoms with Crippen LogP contribution in [0.25, 0.3) is 0 Å². The summed E-state index contributed by atoms with van der Waals surface area (Å²) < 4.78 is 0. The molecule has 0 unspecified atom stereocenters. The van der Waals surface area contributed by atoms with E-state index in [-0.39, 0.29) is 10.8 Å². The van der Waals surface area contributed by atoms with Gasteiger partial charge in [-0.05, 0) is 106 Å². The Hall–Kier alpha value is -5.23. The third-order valence-electron chi connectivity index (χ3n) is 12.0. The van der Waals surface area contributed by atoms with Gasteiger partial charge in [0.05, 0.1) is 11.4 Å². The van der Waals surface area contributed by atoms with Crippen LogP contribution in [0.2, 0.25) is 0 Å². The van der Waals surface area contributed by atoms with Gasteiger partial charge in [0, 0.05) is 27.7 Å². The number of benzene rings is 8. The number of fused-ring (bicyclic) bond motifs is 2. The molecule has 0 spiro atoms. The SMILES string of the molecule is CN1c2ccc(C(C)(C)c3cccc(P(c4ccccc4)c4ccccc4)c3)cc2Sc2cc(C(C)(C)c3cccc(P(c4ccccc4)c4ccccc4)c3)ccc21. The van der Waals surface area contributed by atoms with Crippen molar-refractivity contribution in [1.29, 1.82) is 0 Å². The highest BCUT2D eigenvalue weighted by Gasteiger charge is 2.31. The summed E-state index contributed by atoms with van der Waals surface area (Å²) in [5, 5.41) is 8.23. The molecule has 0 saturated heterocycles. The predicted octanol–water partition coefficient (Wildman–Crippen LogP) is 12.1. The first-order valence-corrected chi connectivity index (χ1v) is 23.9. The van der Waals surface area contributed by atoms with Crippen molar-refractivity contribution in [2.75, 3.05) is 11.9 Å². The molecular weight excluding hydrogens is 769 g/mol. The van der Waals surface area contributed by atoms with Crippen molar-refractivity contribution >= 4 is 70.8 Å². The van der Waals surface area contributed by atoms with Gasteiger partial charge in [0.2, 0.25) is 0 Å². The van der Waals surface area contributed by atoms with Crippen LogP contribution in [0.3, 0.4) is 0 Å². The minimum absolute atomic E-state index is 0.202. The van der Waals surface area contributed by atoms with Gasteiger partial charge in [-0.3, -0.25) is 0 Å². The number of rotatable bonds is 10. The van der Waals surface area contributed by atoms with E-state index in [1.54, 1.807) is 0 Å². The Morgan fingerprint density at radius 3 is 0.983 bits per heavy atom. The van der Waals surface area contributed by atoms with E-state index >= 15 is 0 Å². The molecule has 0 bridgehead atoms. The van der Waals surface area contributed by atoms with Crippen LogP contribution in [0.1, 0.15) is 49.9 Å². The van der Waals surface area contributed by atoms with Crippen molar-refractivity contribution in [2.24, 2.45) is 0 Å². The van der Waals surface area contributed by atoms with Crippen molar-refractivity contribution in [1.82, 2.24) is 0 Å². The maximum Gasteiger partial charge on any atom is 0.0550 e. The third kappa shape index (κ3) is 7.72. The predicted molar refractivity (Wildman–Crippen MR) is 260 cm³/mol. The van der Waals surface area contributed by atoms with E-state index in [0.717, 1.165) is 0 Å². The van der Waals surface area contributed by atoms with E-state index in [1.807, 2.05) is 11.8 Å².